The number of likely N-dealkylation sites (tertiary alicyclic amines) is 1. The zero-order chi connectivity index (χ0) is 13.7. The first-order chi connectivity index (χ1) is 9.26. The fraction of sp³-hybridized carbons (Fsp3) is 0.600. The standard InChI is InChI=1S/C15H21ClFNO/c1-19-14-7-4-5-12(15(14)17)11-18-10-3-2-6-13(18)8-9-16/h4-5,7,13H,2-3,6,8-11H2,1H3. The molecule has 0 radical (unpaired) electrons. The van der Waals surface area contributed by atoms with Gasteiger partial charge in [0.2, 0.25) is 0 Å². The second-order valence-corrected chi connectivity index (χ2v) is 5.41. The Morgan fingerprint density at radius 2 is 2.26 bits per heavy atom. The number of hydrogen-bond donors (Lipinski definition) is 0. The maximum Gasteiger partial charge on any atom is 0.169 e. The number of halogens is 2. The lowest BCUT2D eigenvalue weighted by molar-refractivity contribution is 0.135. The first-order valence-electron chi connectivity index (χ1n) is 6.87. The lowest BCUT2D eigenvalue weighted by atomic mass is 9.99. The highest BCUT2D eigenvalue weighted by molar-refractivity contribution is 6.17. The first-order valence-corrected chi connectivity index (χ1v) is 7.41. The van der Waals surface area contributed by atoms with Gasteiger partial charge >= 0.3 is 0 Å². The van der Waals surface area contributed by atoms with Crippen LogP contribution in [0.3, 0.4) is 0 Å². The predicted octanol–water partition coefficient (Wildman–Crippen LogP) is 3.82. The van der Waals surface area contributed by atoms with Gasteiger partial charge in [-0.2, -0.15) is 0 Å². The molecule has 1 fully saturated rings. The minimum absolute atomic E-state index is 0.236. The van der Waals surface area contributed by atoms with E-state index in [1.54, 1.807) is 6.07 Å². The van der Waals surface area contributed by atoms with Crippen molar-refractivity contribution in [1.29, 1.82) is 0 Å². The molecule has 2 rings (SSSR count). The maximum atomic E-state index is 14.2. The van der Waals surface area contributed by atoms with Crippen molar-refractivity contribution in [3.8, 4) is 5.75 Å². The first kappa shape index (κ1) is 14.6. The van der Waals surface area contributed by atoms with Crippen molar-refractivity contribution in [3.63, 3.8) is 0 Å². The van der Waals surface area contributed by atoms with Crippen molar-refractivity contribution in [2.45, 2.75) is 38.3 Å². The summed E-state index contributed by atoms with van der Waals surface area (Å²) in [5.41, 5.74) is 0.709. The van der Waals surface area contributed by atoms with E-state index < -0.39 is 0 Å². The van der Waals surface area contributed by atoms with Gasteiger partial charge in [-0.15, -0.1) is 11.6 Å². The van der Waals surface area contributed by atoms with Crippen LogP contribution >= 0.6 is 11.6 Å². The van der Waals surface area contributed by atoms with Crippen LogP contribution in [0.4, 0.5) is 4.39 Å². The van der Waals surface area contributed by atoms with Crippen LogP contribution < -0.4 is 4.74 Å². The highest BCUT2D eigenvalue weighted by atomic mass is 35.5. The molecular weight excluding hydrogens is 265 g/mol. The highest BCUT2D eigenvalue weighted by Gasteiger charge is 2.23. The zero-order valence-electron chi connectivity index (χ0n) is 11.4. The Bertz CT molecular complexity index is 411. The van der Waals surface area contributed by atoms with Crippen molar-refractivity contribution < 1.29 is 9.13 Å². The molecule has 4 heteroatoms. The van der Waals surface area contributed by atoms with Crippen molar-refractivity contribution >= 4 is 11.6 Å². The number of rotatable bonds is 5. The van der Waals surface area contributed by atoms with Gasteiger partial charge in [-0.25, -0.2) is 4.39 Å². The lowest BCUT2D eigenvalue weighted by Crippen LogP contribution is -2.39. The molecule has 2 nitrogen and oxygen atoms in total. The average molecular weight is 286 g/mol. The fourth-order valence-electron chi connectivity index (χ4n) is 2.78. The van der Waals surface area contributed by atoms with E-state index in [0.717, 1.165) is 19.4 Å². The van der Waals surface area contributed by atoms with E-state index in [0.29, 0.717) is 29.8 Å². The predicted molar refractivity (Wildman–Crippen MR) is 76.3 cm³/mol. The molecule has 1 unspecified atom stereocenters. The van der Waals surface area contributed by atoms with Gasteiger partial charge in [0.25, 0.3) is 0 Å². The van der Waals surface area contributed by atoms with Gasteiger partial charge in [0.05, 0.1) is 7.11 Å². The molecule has 106 valence electrons. The zero-order valence-corrected chi connectivity index (χ0v) is 12.1. The number of alkyl halides is 1. The Balaban J connectivity index is 2.10. The third kappa shape index (κ3) is 3.61. The summed E-state index contributed by atoms with van der Waals surface area (Å²) in [6.45, 7) is 1.67. The largest absolute Gasteiger partial charge is 0.494 e. The van der Waals surface area contributed by atoms with Crippen LogP contribution in [0.1, 0.15) is 31.2 Å². The minimum atomic E-state index is -0.236. The van der Waals surface area contributed by atoms with E-state index in [1.165, 1.54) is 20.0 Å². The Labute approximate surface area is 119 Å². The van der Waals surface area contributed by atoms with Crippen LogP contribution in [0.2, 0.25) is 0 Å². The van der Waals surface area contributed by atoms with E-state index in [9.17, 15) is 4.39 Å². The molecule has 1 aliphatic heterocycles. The number of nitrogens with zero attached hydrogens (tertiary/aromatic N) is 1. The van der Waals surface area contributed by atoms with Crippen molar-refractivity contribution in [2.75, 3.05) is 19.5 Å². The molecule has 0 bridgehead atoms. The van der Waals surface area contributed by atoms with Gasteiger partial charge in [-0.1, -0.05) is 18.6 Å². The van der Waals surface area contributed by atoms with E-state index in [2.05, 4.69) is 4.90 Å². The molecule has 1 aromatic rings. The average Bonchev–Trinajstić information content (AvgIpc) is 2.43. The number of hydrogen-bond acceptors (Lipinski definition) is 2. The number of piperidine rings is 1. The van der Waals surface area contributed by atoms with E-state index in [4.69, 9.17) is 16.3 Å². The Morgan fingerprint density at radius 1 is 1.42 bits per heavy atom. The van der Waals surface area contributed by atoms with Crippen LogP contribution in [0, 0.1) is 5.82 Å². The molecule has 0 saturated carbocycles. The topological polar surface area (TPSA) is 12.5 Å². The van der Waals surface area contributed by atoms with Gasteiger partial charge in [0, 0.05) is 24.0 Å². The minimum Gasteiger partial charge on any atom is -0.494 e. The fourth-order valence-corrected chi connectivity index (χ4v) is 3.03. The molecule has 19 heavy (non-hydrogen) atoms. The smallest absolute Gasteiger partial charge is 0.169 e. The van der Waals surface area contributed by atoms with Crippen LogP contribution in [-0.4, -0.2) is 30.5 Å². The lowest BCUT2D eigenvalue weighted by Gasteiger charge is -2.35. The van der Waals surface area contributed by atoms with Gasteiger partial charge in [0.15, 0.2) is 11.6 Å². The van der Waals surface area contributed by atoms with Crippen LogP contribution in [-0.2, 0) is 6.54 Å². The normalized spacial score (nSPS) is 20.5. The Hall–Kier alpha value is -0.800. The summed E-state index contributed by atoms with van der Waals surface area (Å²) in [5.74, 6) is 0.755. The van der Waals surface area contributed by atoms with Crippen molar-refractivity contribution in [1.82, 2.24) is 4.90 Å². The molecule has 1 aliphatic rings. The molecule has 0 amide bonds. The second-order valence-electron chi connectivity index (χ2n) is 5.03. The Kier molecular flexibility index (Phi) is 5.46. The molecular formula is C15H21ClFNO. The second kappa shape index (κ2) is 7.11. The van der Waals surface area contributed by atoms with E-state index in [1.807, 2.05) is 12.1 Å². The number of methoxy groups -OCH3 is 1. The summed E-state index contributed by atoms with van der Waals surface area (Å²) < 4.78 is 19.2. The van der Waals surface area contributed by atoms with Gasteiger partial charge in [0.1, 0.15) is 0 Å². The van der Waals surface area contributed by atoms with Gasteiger partial charge < -0.3 is 4.74 Å². The van der Waals surface area contributed by atoms with Crippen LogP contribution in [0.5, 0.6) is 5.75 Å². The van der Waals surface area contributed by atoms with E-state index in [-0.39, 0.29) is 5.82 Å². The van der Waals surface area contributed by atoms with Crippen LogP contribution in [0.25, 0.3) is 0 Å². The van der Waals surface area contributed by atoms with Gasteiger partial charge in [-0.05, 0) is 31.9 Å². The monoisotopic (exact) mass is 285 g/mol. The summed E-state index contributed by atoms with van der Waals surface area (Å²) in [5, 5.41) is 0. The molecule has 1 saturated heterocycles. The number of ether oxygens (including phenoxy) is 1. The molecule has 0 aromatic heterocycles. The maximum absolute atomic E-state index is 14.2. The van der Waals surface area contributed by atoms with Gasteiger partial charge in [-0.3, -0.25) is 4.90 Å². The van der Waals surface area contributed by atoms with Crippen LogP contribution in [0.15, 0.2) is 18.2 Å². The molecule has 1 heterocycles. The molecule has 0 N–H and O–H groups in total. The quantitative estimate of drug-likeness (QED) is 0.763. The molecule has 1 atom stereocenters. The summed E-state index contributed by atoms with van der Waals surface area (Å²) >= 11 is 5.86. The van der Waals surface area contributed by atoms with Crippen molar-refractivity contribution in [2.24, 2.45) is 0 Å². The Morgan fingerprint density at radius 3 is 3.00 bits per heavy atom. The number of benzene rings is 1. The summed E-state index contributed by atoms with van der Waals surface area (Å²) in [6, 6.07) is 5.82. The molecule has 0 aliphatic carbocycles. The summed E-state index contributed by atoms with van der Waals surface area (Å²) in [4.78, 5) is 2.35. The van der Waals surface area contributed by atoms with E-state index >= 15 is 0 Å². The molecule has 0 spiro atoms. The third-order valence-corrected chi connectivity index (χ3v) is 4.05. The highest BCUT2D eigenvalue weighted by Crippen LogP contribution is 2.26. The SMILES string of the molecule is COc1cccc(CN2CCCCC2CCCl)c1F. The summed E-state index contributed by atoms with van der Waals surface area (Å²) in [6.07, 6.45) is 4.58. The third-order valence-electron chi connectivity index (χ3n) is 3.83. The molecule has 1 aromatic carbocycles. The summed E-state index contributed by atoms with van der Waals surface area (Å²) in [7, 11) is 1.50. The van der Waals surface area contributed by atoms with Crippen molar-refractivity contribution in [3.05, 3.63) is 29.6 Å².